The summed E-state index contributed by atoms with van der Waals surface area (Å²) in [5.74, 6) is -1.37. The molecule has 12 heteroatoms. The number of aromatic nitrogens is 2. The fourth-order valence-corrected chi connectivity index (χ4v) is 5.03. The van der Waals surface area contributed by atoms with Gasteiger partial charge in [-0.2, -0.15) is 0 Å². The molecule has 0 aliphatic carbocycles. The number of amides is 3. The van der Waals surface area contributed by atoms with Crippen molar-refractivity contribution < 1.29 is 14.4 Å². The molecule has 8 nitrogen and oxygen atoms in total. The Hall–Kier alpha value is -3.30. The van der Waals surface area contributed by atoms with Gasteiger partial charge in [-0.15, -0.1) is 0 Å². The molecule has 5 rings (SSSR count). The second kappa shape index (κ2) is 10.8. The highest BCUT2D eigenvalue weighted by Crippen LogP contribution is 2.37. The lowest BCUT2D eigenvalue weighted by molar-refractivity contribution is 0.0744. The fourth-order valence-electron chi connectivity index (χ4n) is 4.30. The van der Waals surface area contributed by atoms with Crippen LogP contribution < -0.4 is 10.2 Å². The van der Waals surface area contributed by atoms with Crippen LogP contribution in [0.3, 0.4) is 0 Å². The molecule has 0 spiro atoms. The van der Waals surface area contributed by atoms with Crippen LogP contribution in [-0.4, -0.2) is 58.8 Å². The van der Waals surface area contributed by atoms with Crippen molar-refractivity contribution in [2.75, 3.05) is 31.1 Å². The lowest BCUT2D eigenvalue weighted by Crippen LogP contribution is -2.49. The first kappa shape index (κ1) is 26.3. The molecule has 4 aromatic rings. The number of imidazole rings is 1. The van der Waals surface area contributed by atoms with E-state index in [1.807, 2.05) is 4.90 Å². The number of rotatable bonds is 4. The Bertz CT molecular complexity index is 1580. The molecule has 0 unspecified atom stereocenters. The quantitative estimate of drug-likeness (QED) is 0.297. The maximum atomic E-state index is 13.2. The lowest BCUT2D eigenvalue weighted by Gasteiger charge is -2.37. The van der Waals surface area contributed by atoms with Gasteiger partial charge in [-0.3, -0.25) is 19.7 Å². The topological polar surface area (TPSA) is 98.4 Å². The lowest BCUT2D eigenvalue weighted by atomic mass is 10.1. The molecular formula is C26H19Cl4N5O3. The zero-order valence-electron chi connectivity index (χ0n) is 19.6. The first-order valence-corrected chi connectivity index (χ1v) is 13.0. The summed E-state index contributed by atoms with van der Waals surface area (Å²) < 4.78 is 0. The van der Waals surface area contributed by atoms with E-state index in [4.69, 9.17) is 46.4 Å². The number of benzene rings is 3. The third kappa shape index (κ3) is 5.17. The van der Waals surface area contributed by atoms with Gasteiger partial charge in [0.2, 0.25) is 0 Å². The molecule has 1 aliphatic rings. The van der Waals surface area contributed by atoms with Crippen molar-refractivity contribution >= 4 is 80.8 Å². The van der Waals surface area contributed by atoms with Crippen molar-refractivity contribution in [2.24, 2.45) is 0 Å². The second-order valence-electron chi connectivity index (χ2n) is 8.58. The average Bonchev–Trinajstić information content (AvgIpc) is 3.39. The molecule has 3 aromatic carbocycles. The van der Waals surface area contributed by atoms with Gasteiger partial charge < -0.3 is 14.8 Å². The van der Waals surface area contributed by atoms with Crippen LogP contribution >= 0.6 is 46.4 Å². The normalized spacial score (nSPS) is 13.6. The van der Waals surface area contributed by atoms with Gasteiger partial charge in [-0.05, 0) is 48.5 Å². The molecule has 0 bridgehead atoms. The van der Waals surface area contributed by atoms with Gasteiger partial charge in [0.25, 0.3) is 17.7 Å². The maximum absolute atomic E-state index is 13.2. The number of halogens is 4. The predicted molar refractivity (Wildman–Crippen MR) is 149 cm³/mol. The third-order valence-corrected chi connectivity index (χ3v) is 7.81. The van der Waals surface area contributed by atoms with Crippen molar-refractivity contribution in [3.8, 4) is 0 Å². The molecule has 38 heavy (non-hydrogen) atoms. The molecule has 2 N–H and O–H groups in total. The van der Waals surface area contributed by atoms with Crippen LogP contribution in [0, 0.1) is 0 Å². The summed E-state index contributed by atoms with van der Waals surface area (Å²) in [5.41, 5.74) is 2.70. The van der Waals surface area contributed by atoms with E-state index < -0.39 is 11.8 Å². The monoisotopic (exact) mass is 589 g/mol. The standard InChI is InChI=1S/C26H19Cl4N5O3/c27-17-4-1-15(11-19(17)29)26(38)35-9-7-34(8-10-35)23-16(3-5-18(28)22(23)30)25(37)33-24(36)14-2-6-20-21(12-14)32-13-31-20/h1-6,11-13H,7-10H2,(H,31,32)(H,33,36,37). The van der Waals surface area contributed by atoms with Crippen LogP contribution in [0.15, 0.2) is 54.9 Å². The Labute approximate surface area is 237 Å². The first-order valence-electron chi connectivity index (χ1n) is 11.5. The molecule has 1 saturated heterocycles. The third-order valence-electron chi connectivity index (χ3n) is 6.27. The number of anilines is 1. The van der Waals surface area contributed by atoms with Crippen molar-refractivity contribution in [3.05, 3.63) is 91.6 Å². The molecule has 1 aliphatic heterocycles. The number of carbonyl (C=O) groups is 3. The smallest absolute Gasteiger partial charge is 0.260 e. The molecule has 0 saturated carbocycles. The molecule has 3 amide bonds. The molecule has 1 fully saturated rings. The summed E-state index contributed by atoms with van der Waals surface area (Å²) in [6.07, 6.45) is 1.53. The van der Waals surface area contributed by atoms with Gasteiger partial charge in [0.1, 0.15) is 0 Å². The highest BCUT2D eigenvalue weighted by atomic mass is 35.5. The predicted octanol–water partition coefficient (Wildman–Crippen LogP) is 5.71. The van der Waals surface area contributed by atoms with E-state index in [9.17, 15) is 14.4 Å². The second-order valence-corrected chi connectivity index (χ2v) is 10.2. The van der Waals surface area contributed by atoms with E-state index in [1.54, 1.807) is 35.2 Å². The van der Waals surface area contributed by atoms with Crippen LogP contribution in [0.2, 0.25) is 20.1 Å². The summed E-state index contributed by atoms with van der Waals surface area (Å²) >= 11 is 24.9. The summed E-state index contributed by atoms with van der Waals surface area (Å²) in [5, 5.41) is 3.55. The largest absolute Gasteiger partial charge is 0.366 e. The highest BCUT2D eigenvalue weighted by Gasteiger charge is 2.28. The average molecular weight is 591 g/mol. The Balaban J connectivity index is 1.33. The Morgan fingerprint density at radius 2 is 1.50 bits per heavy atom. The number of fused-ring (bicyclic) bond motifs is 1. The summed E-state index contributed by atoms with van der Waals surface area (Å²) in [6, 6.07) is 12.7. The van der Waals surface area contributed by atoms with Gasteiger partial charge in [-0.1, -0.05) is 46.4 Å². The minimum Gasteiger partial charge on any atom is -0.366 e. The number of carbonyl (C=O) groups excluding carboxylic acids is 3. The Morgan fingerprint density at radius 1 is 0.789 bits per heavy atom. The zero-order valence-corrected chi connectivity index (χ0v) is 22.6. The van der Waals surface area contributed by atoms with Gasteiger partial charge in [0.05, 0.1) is 48.7 Å². The van der Waals surface area contributed by atoms with Gasteiger partial charge in [0, 0.05) is 37.3 Å². The van der Waals surface area contributed by atoms with Crippen LogP contribution in [0.25, 0.3) is 11.0 Å². The summed E-state index contributed by atoms with van der Waals surface area (Å²) in [6.45, 7) is 1.51. The highest BCUT2D eigenvalue weighted by molar-refractivity contribution is 6.44. The Morgan fingerprint density at radius 3 is 2.24 bits per heavy atom. The van der Waals surface area contributed by atoms with Gasteiger partial charge >= 0.3 is 0 Å². The summed E-state index contributed by atoms with van der Waals surface area (Å²) in [7, 11) is 0. The fraction of sp³-hybridized carbons (Fsp3) is 0.154. The minimum atomic E-state index is -0.623. The van der Waals surface area contributed by atoms with E-state index in [0.29, 0.717) is 64.1 Å². The number of aromatic amines is 1. The maximum Gasteiger partial charge on any atom is 0.260 e. The van der Waals surface area contributed by atoms with E-state index in [-0.39, 0.29) is 21.5 Å². The van der Waals surface area contributed by atoms with Crippen molar-refractivity contribution in [2.45, 2.75) is 0 Å². The van der Waals surface area contributed by atoms with Gasteiger partial charge in [-0.25, -0.2) is 4.98 Å². The molecule has 1 aromatic heterocycles. The van der Waals surface area contributed by atoms with Crippen LogP contribution in [-0.2, 0) is 0 Å². The number of imide groups is 1. The van der Waals surface area contributed by atoms with E-state index >= 15 is 0 Å². The number of hydrogen-bond donors (Lipinski definition) is 2. The number of nitrogens with one attached hydrogen (secondary N) is 2. The van der Waals surface area contributed by atoms with E-state index in [2.05, 4.69) is 15.3 Å². The molecule has 0 radical (unpaired) electrons. The van der Waals surface area contributed by atoms with E-state index in [0.717, 1.165) is 0 Å². The Kier molecular flexibility index (Phi) is 7.49. The number of piperazine rings is 1. The van der Waals surface area contributed by atoms with Gasteiger partial charge in [0.15, 0.2) is 0 Å². The molecule has 2 heterocycles. The van der Waals surface area contributed by atoms with Crippen LogP contribution in [0.1, 0.15) is 31.1 Å². The number of hydrogen-bond acceptors (Lipinski definition) is 5. The van der Waals surface area contributed by atoms with Crippen molar-refractivity contribution in [3.63, 3.8) is 0 Å². The van der Waals surface area contributed by atoms with Crippen molar-refractivity contribution in [1.82, 2.24) is 20.2 Å². The molecule has 194 valence electrons. The summed E-state index contributed by atoms with van der Waals surface area (Å²) in [4.78, 5) is 49.6. The van der Waals surface area contributed by atoms with Crippen molar-refractivity contribution in [1.29, 1.82) is 0 Å². The molecular weight excluding hydrogens is 572 g/mol. The number of nitrogens with zero attached hydrogens (tertiary/aromatic N) is 3. The van der Waals surface area contributed by atoms with Crippen LogP contribution in [0.5, 0.6) is 0 Å². The zero-order chi connectivity index (χ0) is 27.0. The van der Waals surface area contributed by atoms with E-state index in [1.165, 1.54) is 24.5 Å². The number of H-pyrrole nitrogens is 1. The minimum absolute atomic E-state index is 0.182. The van der Waals surface area contributed by atoms with Crippen LogP contribution in [0.4, 0.5) is 5.69 Å². The first-order chi connectivity index (χ1) is 18.2. The molecule has 0 atom stereocenters. The SMILES string of the molecule is O=C(NC(=O)c1ccc(Cl)c(Cl)c1N1CCN(C(=O)c2ccc(Cl)c(Cl)c2)CC1)c1ccc2nc[nH]c2c1.